The molecule has 2 N–H and O–H groups in total. The molecule has 1 aromatic rings. The van der Waals surface area contributed by atoms with Crippen LogP contribution in [-0.2, 0) is 0 Å². The third-order valence-electron chi connectivity index (χ3n) is 1.38. The summed E-state index contributed by atoms with van der Waals surface area (Å²) in [7, 11) is 0. The molecule has 1 heterocycles. The summed E-state index contributed by atoms with van der Waals surface area (Å²) in [6.45, 7) is 7.54. The van der Waals surface area contributed by atoms with E-state index in [1.165, 1.54) is 0 Å². The summed E-state index contributed by atoms with van der Waals surface area (Å²) in [5.41, 5.74) is 0.578. The van der Waals surface area contributed by atoms with Gasteiger partial charge in [0, 0.05) is 0 Å². The van der Waals surface area contributed by atoms with Crippen LogP contribution in [-0.4, -0.2) is 15.7 Å². The molecule has 0 saturated heterocycles. The second-order valence-corrected chi connectivity index (χ2v) is 3.92. The highest BCUT2D eigenvalue weighted by Gasteiger charge is 2.09. The molecule has 13 heavy (non-hydrogen) atoms. The largest absolute Gasteiger partial charge is 0.300 e. The average Bonchev–Trinajstić information content (AvgIpc) is 2.27. The summed E-state index contributed by atoms with van der Waals surface area (Å²) in [5.74, 6) is 0. The Morgan fingerprint density at radius 1 is 1.23 bits per heavy atom. The SMILES string of the molecule is Cc1[nH][nH]c(=O)c1N=NC(C)(C)C. The Labute approximate surface area is 76.3 Å². The van der Waals surface area contributed by atoms with E-state index in [4.69, 9.17) is 0 Å². The van der Waals surface area contributed by atoms with Gasteiger partial charge in [0.25, 0.3) is 5.56 Å². The van der Waals surface area contributed by atoms with Gasteiger partial charge in [0.05, 0.1) is 11.2 Å². The van der Waals surface area contributed by atoms with Crippen LogP contribution in [0.2, 0.25) is 0 Å². The van der Waals surface area contributed by atoms with Crippen LogP contribution in [0.4, 0.5) is 5.69 Å². The first-order valence-electron chi connectivity index (χ1n) is 4.10. The van der Waals surface area contributed by atoms with Crippen LogP contribution in [0.1, 0.15) is 26.5 Å². The van der Waals surface area contributed by atoms with E-state index in [1.807, 2.05) is 20.8 Å². The first kappa shape index (κ1) is 9.70. The van der Waals surface area contributed by atoms with Crippen molar-refractivity contribution in [3.8, 4) is 0 Å². The first-order chi connectivity index (χ1) is 5.90. The van der Waals surface area contributed by atoms with Crippen LogP contribution < -0.4 is 5.56 Å². The maximum Gasteiger partial charge on any atom is 0.291 e. The lowest BCUT2D eigenvalue weighted by Gasteiger charge is -2.07. The molecule has 0 atom stereocenters. The Morgan fingerprint density at radius 2 is 1.85 bits per heavy atom. The van der Waals surface area contributed by atoms with Crippen molar-refractivity contribution in [2.45, 2.75) is 33.2 Å². The van der Waals surface area contributed by atoms with Crippen molar-refractivity contribution in [3.05, 3.63) is 16.0 Å². The molecule has 0 bridgehead atoms. The van der Waals surface area contributed by atoms with Gasteiger partial charge in [0.15, 0.2) is 5.69 Å². The van der Waals surface area contributed by atoms with Gasteiger partial charge in [-0.1, -0.05) is 0 Å². The molecule has 0 aliphatic rings. The van der Waals surface area contributed by atoms with E-state index in [1.54, 1.807) is 6.92 Å². The molecule has 0 spiro atoms. The number of H-pyrrole nitrogens is 2. The number of aryl methyl sites for hydroxylation is 1. The molecule has 0 amide bonds. The van der Waals surface area contributed by atoms with Crippen molar-refractivity contribution in [1.29, 1.82) is 0 Å². The molecule has 0 aliphatic carbocycles. The molecule has 1 rings (SSSR count). The maximum atomic E-state index is 11.1. The Kier molecular flexibility index (Phi) is 2.36. The van der Waals surface area contributed by atoms with Gasteiger partial charge in [-0.3, -0.25) is 9.89 Å². The smallest absolute Gasteiger partial charge is 0.291 e. The Balaban J connectivity index is 2.98. The van der Waals surface area contributed by atoms with E-state index in [0.717, 1.165) is 0 Å². The molecule has 72 valence electrons. The zero-order chi connectivity index (χ0) is 10.1. The second-order valence-electron chi connectivity index (χ2n) is 3.92. The van der Waals surface area contributed by atoms with Crippen molar-refractivity contribution >= 4 is 5.69 Å². The highest BCUT2D eigenvalue weighted by atomic mass is 16.1. The van der Waals surface area contributed by atoms with Gasteiger partial charge in [-0.2, -0.15) is 5.11 Å². The van der Waals surface area contributed by atoms with Crippen LogP contribution in [0.25, 0.3) is 0 Å². The number of rotatable bonds is 1. The fraction of sp³-hybridized carbons (Fsp3) is 0.625. The number of nitrogens with one attached hydrogen (secondary N) is 2. The number of aromatic nitrogens is 2. The van der Waals surface area contributed by atoms with Gasteiger partial charge in [0.1, 0.15) is 0 Å². The van der Waals surface area contributed by atoms with Crippen LogP contribution in [0, 0.1) is 6.92 Å². The number of azo groups is 1. The number of nitrogens with zero attached hydrogens (tertiary/aromatic N) is 2. The molecular formula is C8H14N4O. The van der Waals surface area contributed by atoms with Gasteiger partial charge in [-0.25, -0.2) is 0 Å². The second kappa shape index (κ2) is 3.16. The van der Waals surface area contributed by atoms with E-state index >= 15 is 0 Å². The minimum absolute atomic E-state index is 0.231. The van der Waals surface area contributed by atoms with Crippen LogP contribution >= 0.6 is 0 Å². The summed E-state index contributed by atoms with van der Waals surface area (Å²) in [6.07, 6.45) is 0. The topological polar surface area (TPSA) is 73.4 Å². The number of aromatic amines is 2. The lowest BCUT2D eigenvalue weighted by Crippen LogP contribution is -2.08. The van der Waals surface area contributed by atoms with Gasteiger partial charge in [-0.15, -0.1) is 5.11 Å². The highest BCUT2D eigenvalue weighted by molar-refractivity contribution is 5.37. The van der Waals surface area contributed by atoms with Crippen LogP contribution in [0.5, 0.6) is 0 Å². The number of hydrogen-bond donors (Lipinski definition) is 2. The Bertz CT molecular complexity index is 366. The molecule has 1 aromatic heterocycles. The molecule has 0 aromatic carbocycles. The van der Waals surface area contributed by atoms with E-state index in [2.05, 4.69) is 20.4 Å². The number of hydrogen-bond acceptors (Lipinski definition) is 3. The summed E-state index contributed by atoms with van der Waals surface area (Å²) >= 11 is 0. The monoisotopic (exact) mass is 182 g/mol. The van der Waals surface area contributed by atoms with Gasteiger partial charge < -0.3 is 5.10 Å². The fourth-order valence-corrected chi connectivity index (χ4v) is 0.760. The Morgan fingerprint density at radius 3 is 2.23 bits per heavy atom. The minimum atomic E-state index is -0.254. The lowest BCUT2D eigenvalue weighted by atomic mass is 10.1. The first-order valence-corrected chi connectivity index (χ1v) is 4.10. The van der Waals surface area contributed by atoms with Gasteiger partial charge in [0.2, 0.25) is 0 Å². The summed E-state index contributed by atoms with van der Waals surface area (Å²) < 4.78 is 0. The molecule has 0 saturated carbocycles. The Hall–Kier alpha value is -1.39. The third-order valence-corrected chi connectivity index (χ3v) is 1.38. The van der Waals surface area contributed by atoms with Crippen molar-refractivity contribution in [2.75, 3.05) is 0 Å². The normalized spacial score (nSPS) is 12.6. The van der Waals surface area contributed by atoms with Crippen molar-refractivity contribution in [2.24, 2.45) is 10.2 Å². The zero-order valence-electron chi connectivity index (χ0n) is 8.30. The maximum absolute atomic E-state index is 11.1. The molecule has 5 heteroatoms. The van der Waals surface area contributed by atoms with Crippen molar-refractivity contribution < 1.29 is 0 Å². The zero-order valence-corrected chi connectivity index (χ0v) is 8.30. The summed E-state index contributed by atoms with van der Waals surface area (Å²) in [6, 6.07) is 0. The minimum Gasteiger partial charge on any atom is -0.300 e. The average molecular weight is 182 g/mol. The standard InChI is InChI=1S/C8H14N4O/c1-5-6(7(13)11-9-5)10-12-8(2,3)4/h1-4H3,(H2,9,11,13). The fourth-order valence-electron chi connectivity index (χ4n) is 0.760. The molecule has 0 fully saturated rings. The third kappa shape index (κ3) is 2.54. The molecule has 0 radical (unpaired) electrons. The lowest BCUT2D eigenvalue weighted by molar-refractivity contribution is 0.552. The van der Waals surface area contributed by atoms with Gasteiger partial charge in [-0.05, 0) is 27.7 Å². The van der Waals surface area contributed by atoms with E-state index in [9.17, 15) is 4.79 Å². The summed E-state index contributed by atoms with van der Waals surface area (Å²) in [4.78, 5) is 11.1. The van der Waals surface area contributed by atoms with E-state index in [0.29, 0.717) is 11.4 Å². The van der Waals surface area contributed by atoms with E-state index in [-0.39, 0.29) is 11.1 Å². The molecule has 0 unspecified atom stereocenters. The quantitative estimate of drug-likeness (QED) is 0.639. The predicted octanol–water partition coefficient (Wildman–Crippen LogP) is 1.89. The summed E-state index contributed by atoms with van der Waals surface area (Å²) in [5, 5.41) is 13.0. The van der Waals surface area contributed by atoms with Gasteiger partial charge >= 0.3 is 0 Å². The van der Waals surface area contributed by atoms with Crippen LogP contribution in [0.3, 0.4) is 0 Å². The molecular weight excluding hydrogens is 168 g/mol. The highest BCUT2D eigenvalue weighted by Crippen LogP contribution is 2.14. The molecule has 5 nitrogen and oxygen atoms in total. The van der Waals surface area contributed by atoms with Crippen LogP contribution in [0.15, 0.2) is 15.0 Å². The predicted molar refractivity (Wildman–Crippen MR) is 50.4 cm³/mol. The van der Waals surface area contributed by atoms with E-state index < -0.39 is 0 Å². The van der Waals surface area contributed by atoms with Crippen molar-refractivity contribution in [1.82, 2.24) is 10.2 Å². The molecule has 0 aliphatic heterocycles. The van der Waals surface area contributed by atoms with Crippen molar-refractivity contribution in [3.63, 3.8) is 0 Å².